The highest BCUT2D eigenvalue weighted by atomic mass is 16.5. The molecule has 0 aliphatic carbocycles. The van der Waals surface area contributed by atoms with E-state index in [-0.39, 0.29) is 11.4 Å². The first-order chi connectivity index (χ1) is 7.65. The minimum Gasteiger partial charge on any atom is -0.465 e. The molecule has 0 aliphatic rings. The number of anilines is 1. The van der Waals surface area contributed by atoms with E-state index in [2.05, 4.69) is 4.74 Å². The van der Waals surface area contributed by atoms with Crippen LogP contribution in [0.4, 0.5) is 5.88 Å². The number of fused-ring (bicyclic) bond motifs is 1. The molecule has 0 saturated carbocycles. The lowest BCUT2D eigenvalue weighted by atomic mass is 10.1. The summed E-state index contributed by atoms with van der Waals surface area (Å²) in [4.78, 5) is 23.2. The Bertz CT molecular complexity index is 615. The average molecular weight is 219 g/mol. The van der Waals surface area contributed by atoms with Gasteiger partial charge in [-0.25, -0.2) is 4.79 Å². The van der Waals surface area contributed by atoms with E-state index >= 15 is 0 Å². The van der Waals surface area contributed by atoms with Gasteiger partial charge in [0.15, 0.2) is 5.56 Å². The van der Waals surface area contributed by atoms with Crippen LogP contribution in [0.15, 0.2) is 33.5 Å². The number of carbonyl (C=O) groups excluding carboxylic acids is 1. The van der Waals surface area contributed by atoms with E-state index in [4.69, 9.17) is 10.2 Å². The Hall–Kier alpha value is -2.30. The lowest BCUT2D eigenvalue weighted by Gasteiger charge is -2.03. The van der Waals surface area contributed by atoms with Gasteiger partial charge in [0.1, 0.15) is 5.58 Å². The quantitative estimate of drug-likeness (QED) is 0.727. The van der Waals surface area contributed by atoms with E-state index in [0.717, 1.165) is 0 Å². The van der Waals surface area contributed by atoms with Gasteiger partial charge < -0.3 is 14.9 Å². The average Bonchev–Trinajstić information content (AvgIpc) is 2.28. The predicted molar refractivity (Wildman–Crippen MR) is 58.2 cm³/mol. The third-order valence-electron chi connectivity index (χ3n) is 2.21. The first-order valence-corrected chi connectivity index (χ1v) is 4.54. The van der Waals surface area contributed by atoms with Crippen molar-refractivity contribution in [2.75, 3.05) is 12.8 Å². The second-order valence-electron chi connectivity index (χ2n) is 3.16. The molecule has 1 aromatic heterocycles. The minimum absolute atomic E-state index is 0.226. The number of hydrogen-bond acceptors (Lipinski definition) is 5. The second-order valence-corrected chi connectivity index (χ2v) is 3.16. The lowest BCUT2D eigenvalue weighted by molar-refractivity contribution is 0.0599. The van der Waals surface area contributed by atoms with Crippen LogP contribution in [0.1, 0.15) is 10.4 Å². The highest BCUT2D eigenvalue weighted by Gasteiger charge is 2.19. The van der Waals surface area contributed by atoms with Crippen LogP contribution < -0.4 is 11.2 Å². The lowest BCUT2D eigenvalue weighted by Crippen LogP contribution is -2.18. The summed E-state index contributed by atoms with van der Waals surface area (Å²) < 4.78 is 9.64. The Balaban J connectivity index is 2.86. The third-order valence-corrected chi connectivity index (χ3v) is 2.21. The minimum atomic E-state index is -0.794. The van der Waals surface area contributed by atoms with Gasteiger partial charge in [0.2, 0.25) is 11.3 Å². The fourth-order valence-electron chi connectivity index (χ4n) is 1.45. The molecule has 0 spiro atoms. The Morgan fingerprint density at radius 1 is 1.38 bits per heavy atom. The SMILES string of the molecule is COC(=O)c1c(N)oc2ccccc2c1=O. The van der Waals surface area contributed by atoms with Crippen molar-refractivity contribution in [3.63, 3.8) is 0 Å². The van der Waals surface area contributed by atoms with Crippen LogP contribution in [0.5, 0.6) is 0 Å². The van der Waals surface area contributed by atoms with Crippen molar-refractivity contribution >= 4 is 22.8 Å². The molecule has 1 aromatic carbocycles. The summed E-state index contributed by atoms with van der Waals surface area (Å²) in [6.07, 6.45) is 0. The van der Waals surface area contributed by atoms with Crippen molar-refractivity contribution in [2.45, 2.75) is 0 Å². The van der Waals surface area contributed by atoms with Gasteiger partial charge in [-0.05, 0) is 12.1 Å². The molecule has 0 aliphatic heterocycles. The van der Waals surface area contributed by atoms with Crippen LogP contribution in [0.25, 0.3) is 11.0 Å². The van der Waals surface area contributed by atoms with Crippen LogP contribution in [0, 0.1) is 0 Å². The molecule has 0 bridgehead atoms. The van der Waals surface area contributed by atoms with Gasteiger partial charge in [-0.1, -0.05) is 12.1 Å². The maximum absolute atomic E-state index is 11.9. The summed E-state index contributed by atoms with van der Waals surface area (Å²) in [5.74, 6) is -1.02. The maximum atomic E-state index is 11.9. The predicted octanol–water partition coefficient (Wildman–Crippen LogP) is 1.16. The number of rotatable bonds is 1. The molecule has 1 heterocycles. The number of methoxy groups -OCH3 is 1. The van der Waals surface area contributed by atoms with Crippen molar-refractivity contribution in [2.24, 2.45) is 0 Å². The van der Waals surface area contributed by atoms with Crippen molar-refractivity contribution in [3.8, 4) is 0 Å². The van der Waals surface area contributed by atoms with Crippen LogP contribution in [0.3, 0.4) is 0 Å². The Morgan fingerprint density at radius 3 is 2.75 bits per heavy atom. The third kappa shape index (κ3) is 1.42. The van der Waals surface area contributed by atoms with Gasteiger partial charge in [-0.15, -0.1) is 0 Å². The van der Waals surface area contributed by atoms with E-state index in [0.29, 0.717) is 11.0 Å². The molecule has 0 fully saturated rings. The normalized spacial score (nSPS) is 10.3. The number of para-hydroxylation sites is 1. The number of esters is 1. The number of hydrogen-bond donors (Lipinski definition) is 1. The van der Waals surface area contributed by atoms with Gasteiger partial charge in [0.25, 0.3) is 0 Å². The molecule has 2 aromatic rings. The summed E-state index contributed by atoms with van der Waals surface area (Å²) in [5.41, 5.74) is 5.10. The highest BCUT2D eigenvalue weighted by molar-refractivity contribution is 5.97. The number of nitrogens with two attached hydrogens (primary N) is 1. The van der Waals surface area contributed by atoms with E-state index in [1.807, 2.05) is 0 Å². The monoisotopic (exact) mass is 219 g/mol. The van der Waals surface area contributed by atoms with Crippen LogP contribution in [-0.4, -0.2) is 13.1 Å². The molecule has 2 N–H and O–H groups in total. The van der Waals surface area contributed by atoms with Crippen LogP contribution in [0.2, 0.25) is 0 Å². The van der Waals surface area contributed by atoms with E-state index in [9.17, 15) is 9.59 Å². The fourth-order valence-corrected chi connectivity index (χ4v) is 1.45. The zero-order valence-corrected chi connectivity index (χ0v) is 8.52. The smallest absolute Gasteiger partial charge is 0.347 e. The zero-order valence-electron chi connectivity index (χ0n) is 8.52. The molecule has 0 radical (unpaired) electrons. The maximum Gasteiger partial charge on any atom is 0.347 e. The molecule has 82 valence electrons. The molecule has 16 heavy (non-hydrogen) atoms. The highest BCUT2D eigenvalue weighted by Crippen LogP contribution is 2.17. The topological polar surface area (TPSA) is 82.5 Å². The molecule has 5 heteroatoms. The molecule has 0 unspecified atom stereocenters. The van der Waals surface area contributed by atoms with Gasteiger partial charge >= 0.3 is 5.97 Å². The summed E-state index contributed by atoms with van der Waals surface area (Å²) in [5, 5.41) is 0.303. The van der Waals surface area contributed by atoms with Gasteiger partial charge in [-0.2, -0.15) is 0 Å². The largest absolute Gasteiger partial charge is 0.465 e. The van der Waals surface area contributed by atoms with Crippen LogP contribution >= 0.6 is 0 Å². The zero-order chi connectivity index (χ0) is 11.7. The first kappa shape index (κ1) is 10.2. The Kier molecular flexibility index (Phi) is 2.36. The Labute approximate surface area is 90.4 Å². The summed E-state index contributed by atoms with van der Waals surface area (Å²) in [6, 6.07) is 6.56. The van der Waals surface area contributed by atoms with E-state index in [1.54, 1.807) is 24.3 Å². The van der Waals surface area contributed by atoms with Crippen LogP contribution in [-0.2, 0) is 4.74 Å². The molecule has 2 rings (SSSR count). The van der Waals surface area contributed by atoms with Gasteiger partial charge in [0, 0.05) is 0 Å². The van der Waals surface area contributed by atoms with Crippen molar-refractivity contribution in [3.05, 3.63) is 40.1 Å². The van der Waals surface area contributed by atoms with Crippen molar-refractivity contribution < 1.29 is 13.9 Å². The Morgan fingerprint density at radius 2 is 2.06 bits per heavy atom. The summed E-state index contributed by atoms with van der Waals surface area (Å²) >= 11 is 0. The van der Waals surface area contributed by atoms with E-state index < -0.39 is 11.4 Å². The number of ether oxygens (including phenoxy) is 1. The molecule has 5 nitrogen and oxygen atoms in total. The fraction of sp³-hybridized carbons (Fsp3) is 0.0909. The molecule has 0 saturated heterocycles. The summed E-state index contributed by atoms with van der Waals surface area (Å²) in [6.45, 7) is 0. The molecule has 0 atom stereocenters. The van der Waals surface area contributed by atoms with Gasteiger partial charge in [0.05, 0.1) is 12.5 Å². The first-order valence-electron chi connectivity index (χ1n) is 4.54. The number of carbonyl (C=O) groups is 1. The van der Waals surface area contributed by atoms with E-state index in [1.165, 1.54) is 7.11 Å². The summed E-state index contributed by atoms with van der Waals surface area (Å²) in [7, 11) is 1.18. The van der Waals surface area contributed by atoms with Crippen molar-refractivity contribution in [1.29, 1.82) is 0 Å². The standard InChI is InChI=1S/C11H9NO4/c1-15-11(14)8-9(13)6-4-2-3-5-7(6)16-10(8)12/h2-5H,12H2,1H3. The van der Waals surface area contributed by atoms with Gasteiger partial charge in [-0.3, -0.25) is 4.79 Å². The number of nitrogen functional groups attached to an aromatic ring is 1. The van der Waals surface area contributed by atoms with Crippen molar-refractivity contribution in [1.82, 2.24) is 0 Å². The molecule has 0 amide bonds. The molecular weight excluding hydrogens is 210 g/mol. The molecular formula is C11H9NO4. The second kappa shape index (κ2) is 3.69. The number of benzene rings is 1.